The largest absolute Gasteiger partial charge is 0.416 e. The van der Waals surface area contributed by atoms with E-state index in [9.17, 15) is 18.0 Å². The number of Topliss-reactive ketones (excluding diaryl/α,β-unsaturated/α-hetero) is 1. The molecular formula is C29H27F3N2O. The van der Waals surface area contributed by atoms with Gasteiger partial charge >= 0.3 is 6.18 Å². The lowest BCUT2D eigenvalue weighted by Crippen LogP contribution is -2.51. The lowest BCUT2D eigenvalue weighted by molar-refractivity contribution is -0.137. The van der Waals surface area contributed by atoms with Crippen LogP contribution < -0.4 is 9.80 Å². The number of carbonyl (C=O) groups excluding carboxylic acids is 1. The number of halogens is 3. The highest BCUT2D eigenvalue weighted by atomic mass is 19.4. The molecular weight excluding hydrogens is 449 g/mol. The molecule has 1 unspecified atom stereocenters. The third-order valence-corrected chi connectivity index (χ3v) is 6.76. The second-order valence-corrected chi connectivity index (χ2v) is 10.0. The number of carbonyl (C=O) groups is 1. The Morgan fingerprint density at radius 2 is 1.46 bits per heavy atom. The molecule has 0 fully saturated rings. The van der Waals surface area contributed by atoms with Crippen molar-refractivity contribution in [1.29, 1.82) is 0 Å². The first kappa shape index (κ1) is 23.2. The molecule has 1 heterocycles. The highest BCUT2D eigenvalue weighted by molar-refractivity contribution is 6.00. The number of hydrogen-bond acceptors (Lipinski definition) is 3. The van der Waals surface area contributed by atoms with E-state index in [-0.39, 0.29) is 11.2 Å². The zero-order valence-corrected chi connectivity index (χ0v) is 19.7. The molecule has 3 aromatic carbocycles. The fourth-order valence-corrected chi connectivity index (χ4v) is 5.22. The second kappa shape index (κ2) is 8.59. The Balaban J connectivity index is 1.77. The molecule has 3 nitrogen and oxygen atoms in total. The molecule has 0 saturated heterocycles. The van der Waals surface area contributed by atoms with Crippen molar-refractivity contribution < 1.29 is 18.0 Å². The number of allylic oxidation sites excluding steroid dienone is 1. The van der Waals surface area contributed by atoms with E-state index in [4.69, 9.17) is 0 Å². The molecule has 0 saturated carbocycles. The Kier molecular flexibility index (Phi) is 5.70. The average molecular weight is 477 g/mol. The number of alkyl halides is 3. The van der Waals surface area contributed by atoms with Crippen molar-refractivity contribution in [1.82, 2.24) is 0 Å². The van der Waals surface area contributed by atoms with Gasteiger partial charge in [0.15, 0.2) is 5.78 Å². The summed E-state index contributed by atoms with van der Waals surface area (Å²) in [5, 5.41) is 0. The Morgan fingerprint density at radius 3 is 2.09 bits per heavy atom. The molecule has 180 valence electrons. The van der Waals surface area contributed by atoms with Crippen LogP contribution in [0.5, 0.6) is 0 Å². The zero-order valence-electron chi connectivity index (χ0n) is 19.7. The molecule has 6 heteroatoms. The van der Waals surface area contributed by atoms with Crippen molar-refractivity contribution in [2.75, 3.05) is 16.3 Å². The molecule has 2 aliphatic rings. The van der Waals surface area contributed by atoms with Crippen LogP contribution in [0.1, 0.15) is 44.0 Å². The summed E-state index contributed by atoms with van der Waals surface area (Å²) in [5.41, 5.74) is 2.92. The first-order chi connectivity index (χ1) is 16.6. The smallest absolute Gasteiger partial charge is 0.342 e. The normalized spacial score (nSPS) is 20.1. The van der Waals surface area contributed by atoms with Crippen molar-refractivity contribution in [2.24, 2.45) is 5.41 Å². The summed E-state index contributed by atoms with van der Waals surface area (Å²) in [5.74, 6) is 0.0978. The van der Waals surface area contributed by atoms with Gasteiger partial charge in [-0.1, -0.05) is 62.4 Å². The minimum Gasteiger partial charge on any atom is -0.342 e. The second-order valence-electron chi connectivity index (χ2n) is 10.0. The van der Waals surface area contributed by atoms with E-state index in [2.05, 4.69) is 18.7 Å². The number of benzene rings is 3. The van der Waals surface area contributed by atoms with Gasteiger partial charge in [-0.05, 0) is 53.8 Å². The number of nitrogens with zero attached hydrogens (tertiary/aromatic N) is 2. The lowest BCUT2D eigenvalue weighted by Gasteiger charge is -2.51. The predicted molar refractivity (Wildman–Crippen MR) is 132 cm³/mol. The van der Waals surface area contributed by atoms with Gasteiger partial charge in [0, 0.05) is 29.1 Å². The third kappa shape index (κ3) is 4.45. The molecule has 1 atom stereocenters. The van der Waals surface area contributed by atoms with Gasteiger partial charge < -0.3 is 9.80 Å². The number of para-hydroxylation sites is 2. The van der Waals surface area contributed by atoms with Crippen molar-refractivity contribution >= 4 is 17.2 Å². The molecule has 0 bridgehead atoms. The summed E-state index contributed by atoms with van der Waals surface area (Å²) in [4.78, 5) is 17.5. The number of rotatable bonds is 3. The average Bonchev–Trinajstić information content (AvgIpc) is 2.83. The molecule has 3 aromatic rings. The summed E-state index contributed by atoms with van der Waals surface area (Å²) in [7, 11) is 0. The van der Waals surface area contributed by atoms with E-state index >= 15 is 0 Å². The fraction of sp³-hybridized carbons (Fsp3) is 0.276. The molecule has 0 spiro atoms. The van der Waals surface area contributed by atoms with Crippen LogP contribution in [0, 0.1) is 5.41 Å². The zero-order chi connectivity index (χ0) is 24.8. The molecule has 35 heavy (non-hydrogen) atoms. The van der Waals surface area contributed by atoms with Gasteiger partial charge in [-0.2, -0.15) is 13.2 Å². The number of hydrogen-bond donors (Lipinski definition) is 0. The number of ketones is 1. The standard InChI is InChI=1S/C29H27F3N2O/c1-28(2)17-25-24(26(35)18-28)19-33(22-12-5-3-6-13-22)27(34(25)23-14-7-4-8-15-23)20-10-9-11-21(16-20)29(30,31)32/h3-16,27H,17-19H2,1-2H3. The summed E-state index contributed by atoms with van der Waals surface area (Å²) >= 11 is 0. The van der Waals surface area contributed by atoms with Crippen molar-refractivity contribution in [3.8, 4) is 0 Å². The summed E-state index contributed by atoms with van der Waals surface area (Å²) < 4.78 is 41.1. The highest BCUT2D eigenvalue weighted by Gasteiger charge is 2.44. The van der Waals surface area contributed by atoms with E-state index < -0.39 is 17.9 Å². The monoisotopic (exact) mass is 476 g/mol. The van der Waals surface area contributed by atoms with Gasteiger partial charge in [0.2, 0.25) is 0 Å². The van der Waals surface area contributed by atoms with Crippen LogP contribution in [0.25, 0.3) is 0 Å². The summed E-state index contributed by atoms with van der Waals surface area (Å²) in [6.45, 7) is 4.49. The first-order valence-corrected chi connectivity index (χ1v) is 11.7. The first-order valence-electron chi connectivity index (χ1n) is 11.7. The Morgan fingerprint density at radius 1 is 0.829 bits per heavy atom. The van der Waals surface area contributed by atoms with Crippen molar-refractivity contribution in [3.05, 3.63) is 107 Å². The van der Waals surface area contributed by atoms with E-state index in [0.717, 1.165) is 28.7 Å². The molecule has 1 aliphatic carbocycles. The van der Waals surface area contributed by atoms with Crippen LogP contribution >= 0.6 is 0 Å². The van der Waals surface area contributed by atoms with Gasteiger partial charge in [0.1, 0.15) is 6.17 Å². The van der Waals surface area contributed by atoms with Crippen LogP contribution in [-0.2, 0) is 11.0 Å². The third-order valence-electron chi connectivity index (χ3n) is 6.76. The van der Waals surface area contributed by atoms with Gasteiger partial charge in [-0.25, -0.2) is 0 Å². The van der Waals surface area contributed by atoms with E-state index in [0.29, 0.717) is 24.9 Å². The maximum Gasteiger partial charge on any atom is 0.416 e. The van der Waals surface area contributed by atoms with E-state index in [1.807, 2.05) is 65.6 Å². The number of anilines is 2. The maximum atomic E-state index is 13.7. The van der Waals surface area contributed by atoms with Gasteiger partial charge in [-0.15, -0.1) is 0 Å². The van der Waals surface area contributed by atoms with E-state index in [1.54, 1.807) is 6.07 Å². The molecule has 0 amide bonds. The molecule has 0 N–H and O–H groups in total. The minimum atomic E-state index is -4.45. The predicted octanol–water partition coefficient (Wildman–Crippen LogP) is 7.37. The van der Waals surface area contributed by atoms with Crippen LogP contribution in [0.2, 0.25) is 0 Å². The minimum absolute atomic E-state index is 0.0978. The van der Waals surface area contributed by atoms with Gasteiger partial charge in [0.05, 0.1) is 12.1 Å². The van der Waals surface area contributed by atoms with Crippen LogP contribution in [0.3, 0.4) is 0 Å². The van der Waals surface area contributed by atoms with Crippen molar-refractivity contribution in [3.63, 3.8) is 0 Å². The quantitative estimate of drug-likeness (QED) is 0.394. The SMILES string of the molecule is CC1(C)CC(=O)C2=C(C1)N(c1ccccc1)C(c1cccc(C(F)(F)F)c1)N(c1ccccc1)C2. The lowest BCUT2D eigenvalue weighted by atomic mass is 9.74. The van der Waals surface area contributed by atoms with E-state index in [1.165, 1.54) is 12.1 Å². The summed E-state index contributed by atoms with van der Waals surface area (Å²) in [6.07, 6.45) is -3.89. The van der Waals surface area contributed by atoms with Crippen LogP contribution in [0.4, 0.5) is 24.5 Å². The molecule has 0 aromatic heterocycles. The van der Waals surface area contributed by atoms with Crippen LogP contribution in [0.15, 0.2) is 96.2 Å². The fourth-order valence-electron chi connectivity index (χ4n) is 5.22. The van der Waals surface area contributed by atoms with Gasteiger partial charge in [0.25, 0.3) is 0 Å². The Hall–Kier alpha value is -3.54. The Bertz CT molecular complexity index is 1270. The maximum absolute atomic E-state index is 13.7. The molecule has 1 aliphatic heterocycles. The highest BCUT2D eigenvalue weighted by Crippen LogP contribution is 2.48. The molecule has 0 radical (unpaired) electrons. The topological polar surface area (TPSA) is 23.6 Å². The molecule has 5 rings (SSSR count). The van der Waals surface area contributed by atoms with Gasteiger partial charge in [-0.3, -0.25) is 4.79 Å². The van der Waals surface area contributed by atoms with Crippen molar-refractivity contribution in [2.45, 2.75) is 39.0 Å². The van der Waals surface area contributed by atoms with Crippen LogP contribution in [-0.4, -0.2) is 12.3 Å². The summed E-state index contributed by atoms with van der Waals surface area (Å²) in [6, 6.07) is 24.8. The Labute approximate surface area is 203 Å².